The summed E-state index contributed by atoms with van der Waals surface area (Å²) in [6.45, 7) is 4.40. The molecule has 9 heteroatoms. The Morgan fingerprint density at radius 1 is 1.08 bits per heavy atom. The van der Waals surface area contributed by atoms with Gasteiger partial charge in [0, 0.05) is 43.5 Å². The van der Waals surface area contributed by atoms with E-state index in [4.69, 9.17) is 9.72 Å². The molecule has 0 unspecified atom stereocenters. The molecule has 4 aliphatic heterocycles. The Morgan fingerprint density at radius 2 is 1.84 bits per heavy atom. The topological polar surface area (TPSA) is 86.6 Å². The third-order valence-corrected chi connectivity index (χ3v) is 9.09. The number of ether oxygens (including phenoxy) is 1. The summed E-state index contributed by atoms with van der Waals surface area (Å²) in [4.78, 5) is 18.9. The van der Waals surface area contributed by atoms with Crippen LogP contribution in [0.1, 0.15) is 44.1 Å². The molecule has 0 saturated carbocycles. The Morgan fingerprint density at radius 3 is 2.61 bits per heavy atom. The summed E-state index contributed by atoms with van der Waals surface area (Å²) < 4.78 is 22.7. The molecular weight excluding hydrogens is 483 g/mol. The smallest absolute Gasteiger partial charge is 0.319 e. The zero-order valence-electron chi connectivity index (χ0n) is 21.7. The molecular formula is C29H35FN6O2. The minimum absolute atomic E-state index is 0.0133. The van der Waals surface area contributed by atoms with E-state index in [1.165, 1.54) is 12.8 Å². The number of pyridine rings is 1. The Kier molecular flexibility index (Phi) is 6.17. The SMILES string of the molecule is OCCc1ccccc1-c1ncc2c(N3C[C@H]4CC[C@@H](C3)N4)nc(OCC34CCCN3CCC4)nc2c1F. The normalized spacial score (nSPS) is 24.3. The highest BCUT2D eigenvalue weighted by molar-refractivity contribution is 5.92. The average molecular weight is 519 g/mol. The van der Waals surface area contributed by atoms with Crippen LogP contribution < -0.4 is 15.0 Å². The molecule has 200 valence electrons. The van der Waals surface area contributed by atoms with E-state index in [-0.39, 0.29) is 29.4 Å². The van der Waals surface area contributed by atoms with E-state index >= 15 is 4.39 Å². The van der Waals surface area contributed by atoms with Crippen LogP contribution in [0.4, 0.5) is 10.2 Å². The van der Waals surface area contributed by atoms with E-state index in [9.17, 15) is 5.11 Å². The van der Waals surface area contributed by atoms with Crippen molar-refractivity contribution < 1.29 is 14.2 Å². The molecule has 7 rings (SSSR count). The van der Waals surface area contributed by atoms with E-state index in [1.54, 1.807) is 6.20 Å². The number of fused-ring (bicyclic) bond motifs is 4. The maximum atomic E-state index is 16.3. The second-order valence-electron chi connectivity index (χ2n) is 11.4. The molecule has 8 nitrogen and oxygen atoms in total. The van der Waals surface area contributed by atoms with Crippen molar-refractivity contribution in [3.8, 4) is 17.3 Å². The minimum Gasteiger partial charge on any atom is -0.461 e. The van der Waals surface area contributed by atoms with E-state index in [0.29, 0.717) is 41.9 Å². The number of nitrogens with zero attached hydrogens (tertiary/aromatic N) is 5. The first-order chi connectivity index (χ1) is 18.6. The van der Waals surface area contributed by atoms with E-state index in [1.807, 2.05) is 24.3 Å². The summed E-state index contributed by atoms with van der Waals surface area (Å²) in [5.41, 5.74) is 2.07. The Hall–Kier alpha value is -2.88. The lowest BCUT2D eigenvalue weighted by atomic mass is 9.95. The Balaban J connectivity index is 1.31. The van der Waals surface area contributed by atoms with Crippen LogP contribution in [0.2, 0.25) is 0 Å². The number of hydrogen-bond donors (Lipinski definition) is 2. The number of hydrogen-bond acceptors (Lipinski definition) is 8. The second-order valence-corrected chi connectivity index (χ2v) is 11.4. The van der Waals surface area contributed by atoms with Crippen molar-refractivity contribution in [2.45, 2.75) is 62.6 Å². The lowest BCUT2D eigenvalue weighted by molar-refractivity contribution is 0.108. The third kappa shape index (κ3) is 4.12. The maximum absolute atomic E-state index is 16.3. The maximum Gasteiger partial charge on any atom is 0.319 e. The molecule has 2 aromatic heterocycles. The molecule has 3 aromatic rings. The zero-order valence-corrected chi connectivity index (χ0v) is 21.7. The Labute approximate surface area is 222 Å². The molecule has 38 heavy (non-hydrogen) atoms. The molecule has 4 saturated heterocycles. The summed E-state index contributed by atoms with van der Waals surface area (Å²) in [6.07, 6.45) is 9.05. The van der Waals surface area contributed by atoms with Crippen LogP contribution in [-0.2, 0) is 6.42 Å². The highest BCUT2D eigenvalue weighted by Gasteiger charge is 2.45. The highest BCUT2D eigenvalue weighted by Crippen LogP contribution is 2.40. The Bertz CT molecular complexity index is 1330. The zero-order chi connectivity index (χ0) is 25.7. The van der Waals surface area contributed by atoms with Crippen molar-refractivity contribution in [2.24, 2.45) is 0 Å². The van der Waals surface area contributed by atoms with Gasteiger partial charge in [-0.2, -0.15) is 9.97 Å². The van der Waals surface area contributed by atoms with Gasteiger partial charge in [-0.25, -0.2) is 4.39 Å². The standard InChI is InChI=1S/C29H35FN6O2/c30-24-25(22-6-2-1-5-19(22)9-14-37)31-15-23-26(24)33-28(38-18-29-10-3-12-36(29)13-4-11-29)34-27(23)35-16-20-7-8-21(17-35)32-20/h1-2,5-6,15,20-21,32,37H,3-4,7-14,16-18H2/t20-,21+. The van der Waals surface area contributed by atoms with E-state index in [0.717, 1.165) is 57.4 Å². The molecule has 0 amide bonds. The summed E-state index contributed by atoms with van der Waals surface area (Å²) in [5, 5.41) is 13.8. The lowest BCUT2D eigenvalue weighted by Crippen LogP contribution is -2.51. The fourth-order valence-corrected chi connectivity index (χ4v) is 7.23. The van der Waals surface area contributed by atoms with Gasteiger partial charge in [-0.1, -0.05) is 24.3 Å². The van der Waals surface area contributed by atoms with Gasteiger partial charge in [0.15, 0.2) is 5.82 Å². The van der Waals surface area contributed by atoms with Gasteiger partial charge < -0.3 is 20.1 Å². The predicted octanol–water partition coefficient (Wildman–Crippen LogP) is 3.31. The quantitative estimate of drug-likeness (QED) is 0.493. The van der Waals surface area contributed by atoms with Gasteiger partial charge in [0.2, 0.25) is 0 Å². The minimum atomic E-state index is -0.471. The molecule has 4 fully saturated rings. The first kappa shape index (κ1) is 24.2. The van der Waals surface area contributed by atoms with Crippen LogP contribution in [0, 0.1) is 5.82 Å². The monoisotopic (exact) mass is 518 g/mol. The molecule has 0 radical (unpaired) electrons. The first-order valence-electron chi connectivity index (χ1n) is 14.1. The van der Waals surface area contributed by atoms with Gasteiger partial charge in [0.05, 0.1) is 10.9 Å². The summed E-state index contributed by atoms with van der Waals surface area (Å²) in [7, 11) is 0. The third-order valence-electron chi connectivity index (χ3n) is 9.09. The molecule has 0 spiro atoms. The highest BCUT2D eigenvalue weighted by atomic mass is 19.1. The fraction of sp³-hybridized carbons (Fsp3) is 0.552. The summed E-state index contributed by atoms with van der Waals surface area (Å²) >= 11 is 0. The number of aliphatic hydroxyl groups excluding tert-OH is 1. The molecule has 2 N–H and O–H groups in total. The van der Waals surface area contributed by atoms with Gasteiger partial charge in [0.1, 0.15) is 23.6 Å². The number of aromatic nitrogens is 3. The number of halogens is 1. The van der Waals surface area contributed by atoms with Crippen LogP contribution >= 0.6 is 0 Å². The molecule has 4 aliphatic rings. The number of rotatable bonds is 7. The van der Waals surface area contributed by atoms with Gasteiger partial charge in [-0.05, 0) is 63.6 Å². The average Bonchev–Trinajstić information content (AvgIpc) is 3.62. The number of benzene rings is 1. The van der Waals surface area contributed by atoms with Gasteiger partial charge in [-0.15, -0.1) is 0 Å². The van der Waals surface area contributed by atoms with Crippen molar-refractivity contribution in [1.82, 2.24) is 25.2 Å². The van der Waals surface area contributed by atoms with Crippen molar-refractivity contribution in [1.29, 1.82) is 0 Å². The number of piperazine rings is 1. The van der Waals surface area contributed by atoms with Crippen molar-refractivity contribution in [2.75, 3.05) is 44.3 Å². The molecule has 6 heterocycles. The van der Waals surface area contributed by atoms with Crippen LogP contribution in [-0.4, -0.2) is 82.0 Å². The van der Waals surface area contributed by atoms with Crippen LogP contribution in [0.15, 0.2) is 30.5 Å². The molecule has 2 atom stereocenters. The molecule has 2 bridgehead atoms. The number of anilines is 1. The predicted molar refractivity (Wildman–Crippen MR) is 144 cm³/mol. The van der Waals surface area contributed by atoms with Crippen LogP contribution in [0.25, 0.3) is 22.2 Å². The lowest BCUT2D eigenvalue weighted by Gasteiger charge is -2.34. The summed E-state index contributed by atoms with van der Waals surface area (Å²) in [6, 6.07) is 8.58. The molecule has 1 aromatic carbocycles. The molecule has 0 aliphatic carbocycles. The van der Waals surface area contributed by atoms with Crippen molar-refractivity contribution >= 4 is 16.7 Å². The van der Waals surface area contributed by atoms with Gasteiger partial charge in [0.25, 0.3) is 0 Å². The van der Waals surface area contributed by atoms with E-state index < -0.39 is 5.82 Å². The van der Waals surface area contributed by atoms with Gasteiger partial charge in [-0.3, -0.25) is 9.88 Å². The fourth-order valence-electron chi connectivity index (χ4n) is 7.23. The van der Waals surface area contributed by atoms with Crippen LogP contribution in [0.3, 0.4) is 0 Å². The largest absolute Gasteiger partial charge is 0.461 e. The van der Waals surface area contributed by atoms with E-state index in [2.05, 4.69) is 25.1 Å². The van der Waals surface area contributed by atoms with Crippen molar-refractivity contribution in [3.63, 3.8) is 0 Å². The van der Waals surface area contributed by atoms with Gasteiger partial charge >= 0.3 is 6.01 Å². The first-order valence-corrected chi connectivity index (χ1v) is 14.1. The second kappa shape index (κ2) is 9.70. The number of aliphatic hydroxyl groups is 1. The summed E-state index contributed by atoms with van der Waals surface area (Å²) in [5.74, 6) is 0.234. The number of nitrogens with one attached hydrogen (secondary N) is 1. The van der Waals surface area contributed by atoms with Crippen LogP contribution in [0.5, 0.6) is 6.01 Å². The van der Waals surface area contributed by atoms with Crippen molar-refractivity contribution in [3.05, 3.63) is 41.8 Å².